The Morgan fingerprint density at radius 1 is 1.26 bits per heavy atom. The van der Waals surface area contributed by atoms with E-state index in [-0.39, 0.29) is 29.8 Å². The Morgan fingerprint density at radius 3 is 2.21 bits per heavy atom. The summed E-state index contributed by atoms with van der Waals surface area (Å²) in [5.74, 6) is -0.104. The minimum atomic E-state index is -0.476. The van der Waals surface area contributed by atoms with Crippen molar-refractivity contribution in [2.24, 2.45) is 11.1 Å². The monoisotopic (exact) mass is 284 g/mol. The summed E-state index contributed by atoms with van der Waals surface area (Å²) in [7, 11) is 0. The summed E-state index contributed by atoms with van der Waals surface area (Å²) in [5.41, 5.74) is 6.88. The lowest BCUT2D eigenvalue weighted by molar-refractivity contribution is -0.122. The average molecular weight is 285 g/mol. The van der Waals surface area contributed by atoms with Gasteiger partial charge in [-0.1, -0.05) is 51.1 Å². The summed E-state index contributed by atoms with van der Waals surface area (Å²) in [6, 6.07) is 9.58. The van der Waals surface area contributed by atoms with Gasteiger partial charge in [0.1, 0.15) is 0 Å². The van der Waals surface area contributed by atoms with Crippen LogP contribution in [0.4, 0.5) is 0 Å². The van der Waals surface area contributed by atoms with Crippen LogP contribution in [0.25, 0.3) is 0 Å². The zero-order valence-electron chi connectivity index (χ0n) is 12.1. The number of amides is 1. The molecule has 0 saturated heterocycles. The molecule has 0 aliphatic heterocycles. The minimum absolute atomic E-state index is 0. The van der Waals surface area contributed by atoms with Crippen LogP contribution in [-0.2, 0) is 4.79 Å². The Morgan fingerprint density at radius 2 is 1.79 bits per heavy atom. The van der Waals surface area contributed by atoms with Crippen molar-refractivity contribution >= 4 is 18.3 Å². The highest BCUT2D eigenvalue weighted by Crippen LogP contribution is 2.29. The molecule has 0 aromatic heterocycles. The van der Waals surface area contributed by atoms with Gasteiger partial charge in [-0.05, 0) is 24.3 Å². The van der Waals surface area contributed by atoms with Crippen LogP contribution >= 0.6 is 12.4 Å². The van der Waals surface area contributed by atoms with Gasteiger partial charge in [0.2, 0.25) is 5.91 Å². The van der Waals surface area contributed by atoms with Crippen molar-refractivity contribution < 1.29 is 4.79 Å². The smallest absolute Gasteiger partial charge is 0.237 e. The first-order chi connectivity index (χ1) is 8.29. The van der Waals surface area contributed by atoms with Gasteiger partial charge in [0, 0.05) is 0 Å². The molecular weight excluding hydrogens is 260 g/mol. The topological polar surface area (TPSA) is 55.1 Å². The maximum atomic E-state index is 11.8. The van der Waals surface area contributed by atoms with Crippen LogP contribution in [0.3, 0.4) is 0 Å². The van der Waals surface area contributed by atoms with Crippen molar-refractivity contribution in [3.05, 3.63) is 35.9 Å². The minimum Gasteiger partial charge on any atom is -0.348 e. The lowest BCUT2D eigenvalue weighted by Gasteiger charge is -2.27. The third kappa shape index (κ3) is 6.60. The number of halogens is 1. The second-order valence-electron chi connectivity index (χ2n) is 6.03. The molecule has 0 bridgehead atoms. The van der Waals surface area contributed by atoms with Crippen LogP contribution in [-0.4, -0.2) is 11.9 Å². The first-order valence-electron chi connectivity index (χ1n) is 6.40. The Kier molecular flexibility index (Phi) is 7.09. The van der Waals surface area contributed by atoms with E-state index in [1.165, 1.54) is 0 Å². The quantitative estimate of drug-likeness (QED) is 0.893. The van der Waals surface area contributed by atoms with Gasteiger partial charge >= 0.3 is 0 Å². The van der Waals surface area contributed by atoms with Crippen molar-refractivity contribution in [1.29, 1.82) is 0 Å². The van der Waals surface area contributed by atoms with Crippen LogP contribution in [0, 0.1) is 5.41 Å². The SMILES string of the molecule is C[C@H](N)C(=O)NC(CC(C)(C)C)c1ccccc1.Cl. The molecule has 19 heavy (non-hydrogen) atoms. The van der Waals surface area contributed by atoms with E-state index in [1.807, 2.05) is 30.3 Å². The molecule has 1 unspecified atom stereocenters. The van der Waals surface area contributed by atoms with E-state index < -0.39 is 6.04 Å². The standard InChI is InChI=1S/C15H24N2O.ClH/c1-11(16)14(18)17-13(10-15(2,3)4)12-8-6-5-7-9-12;/h5-9,11,13H,10,16H2,1-4H3,(H,17,18);1H/t11-,13?;/m0./s1. The molecule has 1 amide bonds. The Hall–Kier alpha value is -1.06. The lowest BCUT2D eigenvalue weighted by atomic mass is 9.85. The fourth-order valence-corrected chi connectivity index (χ4v) is 1.85. The second-order valence-corrected chi connectivity index (χ2v) is 6.03. The molecule has 108 valence electrons. The zero-order chi connectivity index (χ0) is 13.8. The number of hydrogen-bond donors (Lipinski definition) is 2. The molecule has 1 rings (SSSR count). The molecular formula is C15H25ClN2O. The summed E-state index contributed by atoms with van der Waals surface area (Å²) in [5, 5.41) is 3.03. The van der Waals surface area contributed by atoms with Crippen molar-refractivity contribution in [1.82, 2.24) is 5.32 Å². The van der Waals surface area contributed by atoms with E-state index in [1.54, 1.807) is 6.92 Å². The fourth-order valence-electron chi connectivity index (χ4n) is 1.85. The van der Waals surface area contributed by atoms with Crippen molar-refractivity contribution in [3.63, 3.8) is 0 Å². The highest BCUT2D eigenvalue weighted by Gasteiger charge is 2.22. The van der Waals surface area contributed by atoms with Crippen LogP contribution in [0.15, 0.2) is 30.3 Å². The van der Waals surface area contributed by atoms with Gasteiger partial charge in [-0.25, -0.2) is 0 Å². The van der Waals surface area contributed by atoms with E-state index in [2.05, 4.69) is 26.1 Å². The van der Waals surface area contributed by atoms with Gasteiger partial charge in [0.15, 0.2) is 0 Å². The van der Waals surface area contributed by atoms with Gasteiger partial charge in [0.05, 0.1) is 12.1 Å². The largest absolute Gasteiger partial charge is 0.348 e. The highest BCUT2D eigenvalue weighted by molar-refractivity contribution is 5.85. The van der Waals surface area contributed by atoms with Gasteiger partial charge in [-0.15, -0.1) is 12.4 Å². The number of nitrogens with one attached hydrogen (secondary N) is 1. The van der Waals surface area contributed by atoms with Crippen LogP contribution in [0.1, 0.15) is 45.7 Å². The maximum absolute atomic E-state index is 11.8. The van der Waals surface area contributed by atoms with Crippen molar-refractivity contribution in [2.45, 2.75) is 46.2 Å². The number of hydrogen-bond acceptors (Lipinski definition) is 2. The highest BCUT2D eigenvalue weighted by atomic mass is 35.5. The summed E-state index contributed by atoms with van der Waals surface area (Å²) in [6.45, 7) is 8.21. The molecule has 0 saturated carbocycles. The van der Waals surface area contributed by atoms with Crippen molar-refractivity contribution in [2.75, 3.05) is 0 Å². The summed E-state index contributed by atoms with van der Waals surface area (Å²) in [4.78, 5) is 11.8. The number of nitrogens with two attached hydrogens (primary N) is 1. The molecule has 0 aliphatic rings. The molecule has 0 aliphatic carbocycles. The maximum Gasteiger partial charge on any atom is 0.237 e. The van der Waals surface area contributed by atoms with E-state index in [0.29, 0.717) is 0 Å². The summed E-state index contributed by atoms with van der Waals surface area (Å²) < 4.78 is 0. The number of carbonyl (C=O) groups is 1. The van der Waals surface area contributed by atoms with Crippen LogP contribution in [0.5, 0.6) is 0 Å². The predicted octanol–water partition coefficient (Wildman–Crippen LogP) is 3.05. The second kappa shape index (κ2) is 7.51. The molecule has 0 spiro atoms. The van der Waals surface area contributed by atoms with Crippen LogP contribution in [0.2, 0.25) is 0 Å². The number of benzene rings is 1. The number of rotatable bonds is 4. The summed E-state index contributed by atoms with van der Waals surface area (Å²) in [6.07, 6.45) is 0.884. The molecule has 1 aromatic rings. The van der Waals surface area contributed by atoms with Gasteiger partial charge in [-0.2, -0.15) is 0 Å². The molecule has 4 heteroatoms. The molecule has 1 aromatic carbocycles. The first-order valence-corrected chi connectivity index (χ1v) is 6.40. The average Bonchev–Trinajstić information content (AvgIpc) is 2.27. The van der Waals surface area contributed by atoms with Crippen molar-refractivity contribution in [3.8, 4) is 0 Å². The van der Waals surface area contributed by atoms with Gasteiger partial charge in [0.25, 0.3) is 0 Å². The van der Waals surface area contributed by atoms with E-state index in [0.717, 1.165) is 12.0 Å². The third-order valence-electron chi connectivity index (χ3n) is 2.75. The van der Waals surface area contributed by atoms with E-state index in [4.69, 9.17) is 5.73 Å². The Labute approximate surface area is 122 Å². The molecule has 0 radical (unpaired) electrons. The predicted molar refractivity (Wildman–Crippen MR) is 82.3 cm³/mol. The van der Waals surface area contributed by atoms with Crippen LogP contribution < -0.4 is 11.1 Å². The third-order valence-corrected chi connectivity index (χ3v) is 2.75. The van der Waals surface area contributed by atoms with Gasteiger partial charge in [-0.3, -0.25) is 4.79 Å². The molecule has 3 N–H and O–H groups in total. The molecule has 0 fully saturated rings. The van der Waals surface area contributed by atoms with Gasteiger partial charge < -0.3 is 11.1 Å². The Bertz CT molecular complexity index is 385. The lowest BCUT2D eigenvalue weighted by Crippen LogP contribution is -2.41. The first kappa shape index (κ1) is 17.9. The van der Waals surface area contributed by atoms with E-state index in [9.17, 15) is 4.79 Å². The molecule has 2 atom stereocenters. The summed E-state index contributed by atoms with van der Waals surface area (Å²) >= 11 is 0. The normalized spacial score (nSPS) is 14.2. The zero-order valence-corrected chi connectivity index (χ0v) is 13.0. The fraction of sp³-hybridized carbons (Fsp3) is 0.533. The van der Waals surface area contributed by atoms with E-state index >= 15 is 0 Å². The Balaban J connectivity index is 0.00000324. The number of carbonyl (C=O) groups excluding carboxylic acids is 1. The molecule has 0 heterocycles. The molecule has 3 nitrogen and oxygen atoms in total.